The fourth-order valence-corrected chi connectivity index (χ4v) is 1.97. The van der Waals surface area contributed by atoms with Crippen LogP contribution in [0.3, 0.4) is 0 Å². The van der Waals surface area contributed by atoms with Gasteiger partial charge in [0.25, 0.3) is 0 Å². The third-order valence-electron chi connectivity index (χ3n) is 2.86. The van der Waals surface area contributed by atoms with Gasteiger partial charge in [-0.25, -0.2) is 0 Å². The van der Waals surface area contributed by atoms with Crippen molar-refractivity contribution in [3.05, 3.63) is 30.0 Å². The van der Waals surface area contributed by atoms with Gasteiger partial charge in [0.2, 0.25) is 5.91 Å². The monoisotopic (exact) mass is 232 g/mol. The summed E-state index contributed by atoms with van der Waals surface area (Å²) in [7, 11) is 0. The lowest BCUT2D eigenvalue weighted by Gasteiger charge is -2.10. The number of rotatable bonds is 1. The average Bonchev–Trinajstić information content (AvgIpc) is 2.53. The second kappa shape index (κ2) is 3.78. The Morgan fingerprint density at radius 1 is 1.41 bits per heavy atom. The van der Waals surface area contributed by atoms with Crippen LogP contribution in [0.2, 0.25) is 0 Å². The standard InChI is InChI=1S/C12H12N2O3/c13-12(15)8-6-16-11-7-3-1-2-4-9(7)17-10(11)5-14-8/h1-4,8,14H,5-6H2,(H2,13,15). The van der Waals surface area contributed by atoms with Crippen LogP contribution >= 0.6 is 0 Å². The fourth-order valence-electron chi connectivity index (χ4n) is 1.97. The van der Waals surface area contributed by atoms with E-state index in [0.717, 1.165) is 11.0 Å². The number of carbonyl (C=O) groups excluding carboxylic acids is 1. The minimum Gasteiger partial charge on any atom is -0.487 e. The van der Waals surface area contributed by atoms with Gasteiger partial charge in [-0.3, -0.25) is 10.1 Å². The maximum absolute atomic E-state index is 11.1. The van der Waals surface area contributed by atoms with Crippen molar-refractivity contribution < 1.29 is 13.9 Å². The van der Waals surface area contributed by atoms with Crippen LogP contribution < -0.4 is 15.8 Å². The molecule has 0 spiro atoms. The van der Waals surface area contributed by atoms with E-state index in [9.17, 15) is 4.79 Å². The summed E-state index contributed by atoms with van der Waals surface area (Å²) in [5, 5.41) is 3.93. The summed E-state index contributed by atoms with van der Waals surface area (Å²) in [4.78, 5) is 11.1. The first-order valence-electron chi connectivity index (χ1n) is 5.41. The lowest BCUT2D eigenvalue weighted by Crippen LogP contribution is -2.43. The third kappa shape index (κ3) is 1.64. The van der Waals surface area contributed by atoms with Gasteiger partial charge in [0.05, 0.1) is 11.9 Å². The minimum atomic E-state index is -0.476. The highest BCUT2D eigenvalue weighted by atomic mass is 16.5. The van der Waals surface area contributed by atoms with Gasteiger partial charge < -0.3 is 14.9 Å². The molecule has 0 saturated carbocycles. The van der Waals surface area contributed by atoms with E-state index >= 15 is 0 Å². The smallest absolute Gasteiger partial charge is 0.238 e. The van der Waals surface area contributed by atoms with E-state index in [2.05, 4.69) is 5.32 Å². The van der Waals surface area contributed by atoms with Crippen molar-refractivity contribution in [2.75, 3.05) is 6.61 Å². The molecule has 2 aromatic rings. The first kappa shape index (κ1) is 10.2. The van der Waals surface area contributed by atoms with E-state index in [-0.39, 0.29) is 6.61 Å². The van der Waals surface area contributed by atoms with Gasteiger partial charge in [-0.05, 0) is 12.1 Å². The molecular formula is C12H12N2O3. The first-order chi connectivity index (χ1) is 8.25. The van der Waals surface area contributed by atoms with E-state index in [1.54, 1.807) is 0 Å². The molecule has 1 aliphatic heterocycles. The van der Waals surface area contributed by atoms with Gasteiger partial charge in [-0.15, -0.1) is 0 Å². The van der Waals surface area contributed by atoms with E-state index < -0.39 is 11.9 Å². The molecule has 1 aromatic heterocycles. The highest BCUT2D eigenvalue weighted by Crippen LogP contribution is 2.34. The zero-order valence-corrected chi connectivity index (χ0v) is 9.10. The van der Waals surface area contributed by atoms with Gasteiger partial charge in [-0.2, -0.15) is 0 Å². The number of carbonyl (C=O) groups is 1. The van der Waals surface area contributed by atoms with Crippen molar-refractivity contribution >= 4 is 16.9 Å². The van der Waals surface area contributed by atoms with E-state index in [0.29, 0.717) is 18.1 Å². The Morgan fingerprint density at radius 3 is 3.06 bits per heavy atom. The lowest BCUT2D eigenvalue weighted by atomic mass is 10.2. The number of ether oxygens (including phenoxy) is 1. The van der Waals surface area contributed by atoms with Crippen molar-refractivity contribution in [2.45, 2.75) is 12.6 Å². The van der Waals surface area contributed by atoms with Crippen molar-refractivity contribution in [3.63, 3.8) is 0 Å². The Labute approximate surface area is 97.5 Å². The fraction of sp³-hybridized carbons (Fsp3) is 0.250. The molecule has 88 valence electrons. The number of primary amides is 1. The Bertz CT molecular complexity index is 576. The van der Waals surface area contributed by atoms with Crippen molar-refractivity contribution in [3.8, 4) is 5.75 Å². The maximum Gasteiger partial charge on any atom is 0.238 e. The van der Waals surface area contributed by atoms with E-state index in [4.69, 9.17) is 14.9 Å². The molecule has 0 aliphatic carbocycles. The quantitative estimate of drug-likeness (QED) is 0.761. The molecule has 1 atom stereocenters. The average molecular weight is 232 g/mol. The molecule has 5 nitrogen and oxygen atoms in total. The Hall–Kier alpha value is -2.01. The largest absolute Gasteiger partial charge is 0.487 e. The molecule has 1 aliphatic rings. The predicted octanol–water partition coefficient (Wildman–Crippen LogP) is 0.769. The normalized spacial score (nSPS) is 19.4. The molecule has 3 N–H and O–H groups in total. The van der Waals surface area contributed by atoms with Crippen LogP contribution in [-0.2, 0) is 11.3 Å². The van der Waals surface area contributed by atoms with Gasteiger partial charge in [0, 0.05) is 0 Å². The zero-order chi connectivity index (χ0) is 11.8. The van der Waals surface area contributed by atoms with Crippen molar-refractivity contribution in [1.29, 1.82) is 0 Å². The van der Waals surface area contributed by atoms with Gasteiger partial charge >= 0.3 is 0 Å². The molecule has 0 saturated heterocycles. The Kier molecular flexibility index (Phi) is 2.26. The Morgan fingerprint density at radius 2 is 2.24 bits per heavy atom. The molecule has 0 bridgehead atoms. The molecule has 0 radical (unpaired) electrons. The molecule has 0 fully saturated rings. The van der Waals surface area contributed by atoms with Crippen LogP contribution in [-0.4, -0.2) is 18.6 Å². The molecular weight excluding hydrogens is 220 g/mol. The number of fused-ring (bicyclic) bond motifs is 3. The van der Waals surface area contributed by atoms with Gasteiger partial charge in [0.1, 0.15) is 18.2 Å². The number of amides is 1. The highest BCUT2D eigenvalue weighted by Gasteiger charge is 2.24. The highest BCUT2D eigenvalue weighted by molar-refractivity contribution is 5.86. The van der Waals surface area contributed by atoms with Crippen LogP contribution in [0.1, 0.15) is 5.76 Å². The van der Waals surface area contributed by atoms with Crippen LogP contribution in [0.4, 0.5) is 0 Å². The number of furan rings is 1. The van der Waals surface area contributed by atoms with Crippen LogP contribution in [0.25, 0.3) is 11.0 Å². The lowest BCUT2D eigenvalue weighted by molar-refractivity contribution is -0.120. The Balaban J connectivity index is 2.01. The summed E-state index contributed by atoms with van der Waals surface area (Å²) in [6.45, 7) is 0.670. The van der Waals surface area contributed by atoms with E-state index in [1.165, 1.54) is 0 Å². The van der Waals surface area contributed by atoms with Crippen LogP contribution in [0, 0.1) is 0 Å². The molecule has 1 amide bonds. The maximum atomic E-state index is 11.1. The number of hydrogen-bond acceptors (Lipinski definition) is 4. The number of nitrogens with one attached hydrogen (secondary N) is 1. The molecule has 3 rings (SSSR count). The SMILES string of the molecule is NC(=O)C1COc2c(oc3ccccc23)CN1. The number of benzene rings is 1. The summed E-state index contributed by atoms with van der Waals surface area (Å²) in [6.07, 6.45) is 0. The number of para-hydroxylation sites is 1. The summed E-state index contributed by atoms with van der Waals surface area (Å²) < 4.78 is 11.3. The van der Waals surface area contributed by atoms with Crippen LogP contribution in [0.15, 0.2) is 28.7 Å². The van der Waals surface area contributed by atoms with Gasteiger partial charge in [0.15, 0.2) is 11.5 Å². The summed E-state index contributed by atoms with van der Waals surface area (Å²) in [5.41, 5.74) is 6.03. The van der Waals surface area contributed by atoms with Gasteiger partial charge in [-0.1, -0.05) is 12.1 Å². The van der Waals surface area contributed by atoms with Crippen molar-refractivity contribution in [1.82, 2.24) is 5.32 Å². The molecule has 1 aromatic carbocycles. The topological polar surface area (TPSA) is 77.5 Å². The van der Waals surface area contributed by atoms with E-state index in [1.807, 2.05) is 24.3 Å². The zero-order valence-electron chi connectivity index (χ0n) is 9.10. The number of nitrogens with two attached hydrogens (primary N) is 1. The molecule has 1 unspecified atom stereocenters. The first-order valence-corrected chi connectivity index (χ1v) is 5.41. The second-order valence-corrected chi connectivity index (χ2v) is 4.00. The summed E-state index contributed by atoms with van der Waals surface area (Å²) >= 11 is 0. The predicted molar refractivity (Wildman–Crippen MR) is 61.5 cm³/mol. The summed E-state index contributed by atoms with van der Waals surface area (Å²) in [6, 6.07) is 7.17. The molecule has 5 heteroatoms. The van der Waals surface area contributed by atoms with Crippen molar-refractivity contribution in [2.24, 2.45) is 5.73 Å². The third-order valence-corrected chi connectivity index (χ3v) is 2.86. The molecule has 17 heavy (non-hydrogen) atoms. The summed E-state index contributed by atoms with van der Waals surface area (Å²) in [5.74, 6) is 0.992. The number of hydrogen-bond donors (Lipinski definition) is 2. The second-order valence-electron chi connectivity index (χ2n) is 4.00. The van der Waals surface area contributed by atoms with Crippen LogP contribution in [0.5, 0.6) is 5.75 Å². The molecule has 2 heterocycles. The minimum absolute atomic E-state index is 0.228.